The Morgan fingerprint density at radius 1 is 1.15 bits per heavy atom. The number of aromatic nitrogens is 3. The maximum Gasteiger partial charge on any atom is 0.410 e. The minimum atomic E-state index is -0.482. The van der Waals surface area contributed by atoms with Gasteiger partial charge < -0.3 is 19.7 Å². The highest BCUT2D eigenvalue weighted by molar-refractivity contribution is 5.93. The molecule has 0 atom stereocenters. The Kier molecular flexibility index (Phi) is 7.91. The normalized spacial score (nSPS) is 14.8. The number of amides is 2. The fraction of sp³-hybridized carbons (Fsp3) is 0.565. The van der Waals surface area contributed by atoms with Crippen molar-refractivity contribution in [3.8, 4) is 11.4 Å². The average molecular weight is 459 g/mol. The molecule has 0 radical (unpaired) electrons. The number of carbonyl (C=O) groups excluding carboxylic acids is 2. The molecule has 0 unspecified atom stereocenters. The van der Waals surface area contributed by atoms with Gasteiger partial charge in [-0.15, -0.1) is 5.10 Å². The lowest BCUT2D eigenvalue weighted by Crippen LogP contribution is -2.50. The number of nitrogens with one attached hydrogen (secondary N) is 1. The monoisotopic (exact) mass is 458 g/mol. The predicted octanol–water partition coefficient (Wildman–Crippen LogP) is 2.26. The predicted molar refractivity (Wildman–Crippen MR) is 124 cm³/mol. The summed E-state index contributed by atoms with van der Waals surface area (Å²) in [5.41, 5.74) is 1.27. The number of hydrogen-bond donors (Lipinski definition) is 1. The van der Waals surface area contributed by atoms with Crippen molar-refractivity contribution in [2.45, 2.75) is 39.7 Å². The van der Waals surface area contributed by atoms with E-state index in [1.807, 2.05) is 52.0 Å². The van der Waals surface area contributed by atoms with E-state index in [4.69, 9.17) is 9.47 Å². The molecule has 1 aromatic heterocycles. The third-order valence-corrected chi connectivity index (χ3v) is 5.37. The molecule has 33 heavy (non-hydrogen) atoms. The summed E-state index contributed by atoms with van der Waals surface area (Å²) in [4.78, 5) is 28.8. The number of rotatable bonds is 7. The lowest BCUT2D eigenvalue weighted by Gasteiger charge is -2.35. The van der Waals surface area contributed by atoms with Gasteiger partial charge in [0, 0.05) is 38.8 Å². The number of carbonyl (C=O) groups is 2. The number of piperazine rings is 1. The Labute approximate surface area is 194 Å². The fourth-order valence-corrected chi connectivity index (χ4v) is 3.60. The van der Waals surface area contributed by atoms with Crippen LogP contribution in [0.4, 0.5) is 4.79 Å². The van der Waals surface area contributed by atoms with Crippen molar-refractivity contribution in [2.75, 3.05) is 46.4 Å². The molecule has 2 amide bonds. The topological polar surface area (TPSA) is 102 Å². The zero-order chi connectivity index (χ0) is 24.0. The van der Waals surface area contributed by atoms with Crippen LogP contribution >= 0.6 is 0 Å². The molecule has 180 valence electrons. The Morgan fingerprint density at radius 3 is 2.55 bits per heavy atom. The van der Waals surface area contributed by atoms with Crippen molar-refractivity contribution in [3.05, 3.63) is 35.7 Å². The first kappa shape index (κ1) is 24.5. The van der Waals surface area contributed by atoms with Gasteiger partial charge in [-0.05, 0) is 52.8 Å². The molecule has 0 spiro atoms. The van der Waals surface area contributed by atoms with Crippen LogP contribution in [-0.2, 0) is 4.74 Å². The van der Waals surface area contributed by atoms with Crippen molar-refractivity contribution < 1.29 is 19.1 Å². The summed E-state index contributed by atoms with van der Waals surface area (Å²) < 4.78 is 12.3. The highest BCUT2D eigenvalue weighted by Crippen LogP contribution is 2.18. The maximum absolute atomic E-state index is 12.6. The Balaban J connectivity index is 1.42. The molecule has 10 heteroatoms. The molecule has 0 aliphatic carbocycles. The third-order valence-electron chi connectivity index (χ3n) is 5.37. The minimum Gasteiger partial charge on any atom is -0.497 e. The van der Waals surface area contributed by atoms with E-state index in [-0.39, 0.29) is 12.0 Å². The number of nitrogens with zero attached hydrogens (tertiary/aromatic N) is 5. The first-order chi connectivity index (χ1) is 15.7. The van der Waals surface area contributed by atoms with Crippen molar-refractivity contribution in [1.82, 2.24) is 30.1 Å². The van der Waals surface area contributed by atoms with Gasteiger partial charge in [0.15, 0.2) is 5.69 Å². The van der Waals surface area contributed by atoms with Gasteiger partial charge in [0.2, 0.25) is 0 Å². The van der Waals surface area contributed by atoms with E-state index in [1.54, 1.807) is 16.7 Å². The smallest absolute Gasteiger partial charge is 0.410 e. The van der Waals surface area contributed by atoms with Crippen LogP contribution in [0, 0.1) is 6.92 Å². The van der Waals surface area contributed by atoms with E-state index in [9.17, 15) is 9.59 Å². The molecule has 1 aromatic carbocycles. The summed E-state index contributed by atoms with van der Waals surface area (Å²) in [6.45, 7) is 11.7. The number of methoxy groups -OCH3 is 1. The molecule has 1 fully saturated rings. The van der Waals surface area contributed by atoms with Gasteiger partial charge in [-0.25, -0.2) is 9.48 Å². The van der Waals surface area contributed by atoms with Crippen molar-refractivity contribution in [1.29, 1.82) is 0 Å². The molecule has 10 nitrogen and oxygen atoms in total. The second-order valence-electron chi connectivity index (χ2n) is 9.06. The zero-order valence-electron chi connectivity index (χ0n) is 20.1. The standard InChI is InChI=1S/C23H34N6O4/c1-17-20(25-26-29(17)18-8-6-9-19(16-18)32-5)21(30)24-10-7-11-27-12-14-28(15-13-27)22(31)33-23(2,3)4/h6,8-9,16H,7,10-15H2,1-5H3,(H,24,30). The number of ether oxygens (including phenoxy) is 2. The van der Waals surface area contributed by atoms with Crippen molar-refractivity contribution in [2.24, 2.45) is 0 Å². The van der Waals surface area contributed by atoms with E-state index < -0.39 is 5.60 Å². The van der Waals surface area contributed by atoms with Gasteiger partial charge in [-0.2, -0.15) is 0 Å². The molecule has 2 heterocycles. The van der Waals surface area contributed by atoms with Crippen LogP contribution in [0.1, 0.15) is 43.4 Å². The Bertz CT molecular complexity index is 960. The number of hydrogen-bond acceptors (Lipinski definition) is 7. The highest BCUT2D eigenvalue weighted by Gasteiger charge is 2.25. The van der Waals surface area contributed by atoms with Gasteiger partial charge in [-0.1, -0.05) is 11.3 Å². The minimum absolute atomic E-state index is 0.239. The molecule has 0 saturated carbocycles. The number of benzene rings is 1. The first-order valence-electron chi connectivity index (χ1n) is 11.2. The molecule has 1 saturated heterocycles. The summed E-state index contributed by atoms with van der Waals surface area (Å²) in [6, 6.07) is 7.43. The van der Waals surface area contributed by atoms with Crippen molar-refractivity contribution in [3.63, 3.8) is 0 Å². The summed E-state index contributed by atoms with van der Waals surface area (Å²) in [5.74, 6) is 0.469. The summed E-state index contributed by atoms with van der Waals surface area (Å²) in [6.07, 6.45) is 0.549. The van der Waals surface area contributed by atoms with Crippen LogP contribution in [-0.4, -0.2) is 88.8 Å². The van der Waals surface area contributed by atoms with Gasteiger partial charge >= 0.3 is 6.09 Å². The molecule has 3 rings (SSSR count). The van der Waals surface area contributed by atoms with Crippen LogP contribution in [0.25, 0.3) is 5.69 Å². The SMILES string of the molecule is COc1cccc(-n2nnc(C(=O)NCCCN3CCN(C(=O)OC(C)(C)C)CC3)c2C)c1. The van der Waals surface area contributed by atoms with Crippen LogP contribution in [0.2, 0.25) is 0 Å². The van der Waals surface area contributed by atoms with E-state index in [2.05, 4.69) is 20.5 Å². The van der Waals surface area contributed by atoms with Gasteiger partial charge in [-0.3, -0.25) is 9.69 Å². The highest BCUT2D eigenvalue weighted by atomic mass is 16.6. The van der Waals surface area contributed by atoms with Gasteiger partial charge in [0.05, 0.1) is 18.5 Å². The Hall–Kier alpha value is -3.14. The van der Waals surface area contributed by atoms with E-state index in [1.165, 1.54) is 0 Å². The molecular weight excluding hydrogens is 424 g/mol. The van der Waals surface area contributed by atoms with Gasteiger partial charge in [0.25, 0.3) is 5.91 Å². The Morgan fingerprint density at radius 2 is 1.88 bits per heavy atom. The van der Waals surface area contributed by atoms with Gasteiger partial charge in [0.1, 0.15) is 11.4 Å². The molecule has 2 aromatic rings. The molecule has 0 bridgehead atoms. The lowest BCUT2D eigenvalue weighted by atomic mass is 10.2. The van der Waals surface area contributed by atoms with Crippen LogP contribution in [0.5, 0.6) is 5.75 Å². The largest absolute Gasteiger partial charge is 0.497 e. The second kappa shape index (κ2) is 10.7. The van der Waals surface area contributed by atoms with Crippen molar-refractivity contribution >= 4 is 12.0 Å². The lowest BCUT2D eigenvalue weighted by molar-refractivity contribution is 0.0144. The zero-order valence-corrected chi connectivity index (χ0v) is 20.1. The quantitative estimate of drug-likeness (QED) is 0.635. The van der Waals surface area contributed by atoms with E-state index >= 15 is 0 Å². The average Bonchev–Trinajstić information content (AvgIpc) is 3.17. The molecule has 1 N–H and O–H groups in total. The maximum atomic E-state index is 12.6. The first-order valence-corrected chi connectivity index (χ1v) is 11.2. The van der Waals surface area contributed by atoms with Crippen LogP contribution < -0.4 is 10.1 Å². The summed E-state index contributed by atoms with van der Waals surface area (Å²) >= 11 is 0. The molecular formula is C23H34N6O4. The van der Waals surface area contributed by atoms with Crippen LogP contribution in [0.3, 0.4) is 0 Å². The second-order valence-corrected chi connectivity index (χ2v) is 9.06. The molecule has 1 aliphatic rings. The fourth-order valence-electron chi connectivity index (χ4n) is 3.60. The summed E-state index contributed by atoms with van der Waals surface area (Å²) in [7, 11) is 1.60. The summed E-state index contributed by atoms with van der Waals surface area (Å²) in [5, 5.41) is 11.1. The van der Waals surface area contributed by atoms with E-state index in [0.717, 1.165) is 31.7 Å². The van der Waals surface area contributed by atoms with Crippen LogP contribution in [0.15, 0.2) is 24.3 Å². The van der Waals surface area contributed by atoms with E-state index in [0.29, 0.717) is 36.8 Å². The molecule has 1 aliphatic heterocycles. The third kappa shape index (κ3) is 6.67.